The highest BCUT2D eigenvalue weighted by molar-refractivity contribution is 14.1. The van der Waals surface area contributed by atoms with E-state index < -0.39 is 6.23 Å². The van der Waals surface area contributed by atoms with E-state index in [9.17, 15) is 9.90 Å². The van der Waals surface area contributed by atoms with E-state index in [0.717, 1.165) is 9.26 Å². The predicted octanol–water partition coefficient (Wildman–Crippen LogP) is 2.86. The summed E-state index contributed by atoms with van der Waals surface area (Å²) in [5.41, 5.74) is 1.34. The van der Waals surface area contributed by atoms with Gasteiger partial charge in [0.25, 0.3) is 5.91 Å². The molecule has 1 saturated heterocycles. The van der Waals surface area contributed by atoms with Gasteiger partial charge >= 0.3 is 0 Å². The predicted molar refractivity (Wildman–Crippen MR) is 97.7 cm³/mol. The summed E-state index contributed by atoms with van der Waals surface area (Å²) in [6.07, 6.45) is -0.833. The zero-order valence-corrected chi connectivity index (χ0v) is 14.5. The standard InChI is InChI=1S/C16H13IN2O2S/c17-12-6-8-13(9-7-12)19-14(20)10-18(16(19)22)15(21)11-4-2-1-3-5-11/h1-9,14,20H,10H2. The van der Waals surface area contributed by atoms with Gasteiger partial charge in [-0.05, 0) is 71.2 Å². The highest BCUT2D eigenvalue weighted by atomic mass is 127. The SMILES string of the molecule is O=C(c1ccccc1)N1CC(O)N(c2ccc(I)cc2)C1=S. The molecule has 1 unspecified atom stereocenters. The number of aliphatic hydroxyl groups excluding tert-OH is 1. The minimum absolute atomic E-state index is 0.165. The van der Waals surface area contributed by atoms with E-state index in [0.29, 0.717) is 10.7 Å². The first kappa shape index (κ1) is 15.4. The minimum Gasteiger partial charge on any atom is -0.371 e. The van der Waals surface area contributed by atoms with Crippen molar-refractivity contribution in [3.05, 3.63) is 63.7 Å². The van der Waals surface area contributed by atoms with Crippen LogP contribution in [0.15, 0.2) is 54.6 Å². The second-order valence-corrected chi connectivity index (χ2v) is 6.50. The smallest absolute Gasteiger partial charge is 0.260 e. The Kier molecular flexibility index (Phi) is 4.42. The van der Waals surface area contributed by atoms with Crippen LogP contribution in [0.4, 0.5) is 5.69 Å². The van der Waals surface area contributed by atoms with Crippen LogP contribution in [0.3, 0.4) is 0 Å². The average molecular weight is 424 g/mol. The molecule has 4 nitrogen and oxygen atoms in total. The third-order valence-electron chi connectivity index (χ3n) is 3.45. The largest absolute Gasteiger partial charge is 0.371 e. The van der Waals surface area contributed by atoms with Crippen molar-refractivity contribution in [2.45, 2.75) is 6.23 Å². The van der Waals surface area contributed by atoms with Gasteiger partial charge in [-0.15, -0.1) is 0 Å². The first-order valence-electron chi connectivity index (χ1n) is 6.71. The third kappa shape index (κ3) is 2.86. The van der Waals surface area contributed by atoms with Gasteiger partial charge in [0.1, 0.15) is 0 Å². The number of rotatable bonds is 2. The van der Waals surface area contributed by atoms with Crippen molar-refractivity contribution in [2.24, 2.45) is 0 Å². The molecule has 1 atom stereocenters. The molecular formula is C16H13IN2O2S. The van der Waals surface area contributed by atoms with Crippen LogP contribution in [-0.4, -0.2) is 33.8 Å². The Morgan fingerprint density at radius 3 is 2.41 bits per heavy atom. The Bertz CT molecular complexity index is 706. The maximum atomic E-state index is 12.5. The van der Waals surface area contributed by atoms with E-state index in [4.69, 9.17) is 12.2 Å². The number of aliphatic hydroxyl groups is 1. The second-order valence-electron chi connectivity index (χ2n) is 4.89. The molecule has 0 radical (unpaired) electrons. The van der Waals surface area contributed by atoms with Crippen LogP contribution in [0.5, 0.6) is 0 Å². The molecule has 0 bridgehead atoms. The van der Waals surface area contributed by atoms with Crippen LogP contribution in [0.2, 0.25) is 0 Å². The number of halogens is 1. The lowest BCUT2D eigenvalue weighted by Gasteiger charge is -2.22. The Morgan fingerprint density at radius 1 is 1.14 bits per heavy atom. The molecule has 1 aliphatic rings. The summed E-state index contributed by atoms with van der Waals surface area (Å²) >= 11 is 7.61. The summed E-state index contributed by atoms with van der Waals surface area (Å²) in [7, 11) is 0. The fourth-order valence-electron chi connectivity index (χ4n) is 2.37. The lowest BCUT2D eigenvalue weighted by atomic mass is 10.2. The number of nitrogens with zero attached hydrogens (tertiary/aromatic N) is 2. The van der Waals surface area contributed by atoms with E-state index in [1.165, 1.54) is 4.90 Å². The van der Waals surface area contributed by atoms with E-state index in [1.807, 2.05) is 30.3 Å². The molecule has 1 aliphatic heterocycles. The lowest BCUT2D eigenvalue weighted by molar-refractivity contribution is 0.0821. The summed E-state index contributed by atoms with van der Waals surface area (Å²) in [6, 6.07) is 16.6. The molecule has 0 aromatic heterocycles. The van der Waals surface area contributed by atoms with Gasteiger partial charge < -0.3 is 5.11 Å². The third-order valence-corrected chi connectivity index (χ3v) is 4.59. The average Bonchev–Trinajstić information content (AvgIpc) is 2.83. The Balaban J connectivity index is 1.87. The van der Waals surface area contributed by atoms with Gasteiger partial charge in [-0.1, -0.05) is 18.2 Å². The number of carbonyl (C=O) groups is 1. The molecule has 1 fully saturated rings. The van der Waals surface area contributed by atoms with Crippen molar-refractivity contribution in [1.82, 2.24) is 4.90 Å². The van der Waals surface area contributed by atoms with Crippen LogP contribution >= 0.6 is 34.8 Å². The first-order chi connectivity index (χ1) is 10.6. The number of anilines is 1. The number of carbonyl (C=O) groups excluding carboxylic acids is 1. The number of thiocarbonyl (C=S) groups is 1. The summed E-state index contributed by atoms with van der Waals surface area (Å²) < 4.78 is 1.10. The number of benzene rings is 2. The summed E-state index contributed by atoms with van der Waals surface area (Å²) in [6.45, 7) is 0.165. The molecule has 2 aromatic carbocycles. The Hall–Kier alpha value is -1.51. The molecule has 22 heavy (non-hydrogen) atoms. The minimum atomic E-state index is -0.833. The summed E-state index contributed by atoms with van der Waals surface area (Å²) in [5, 5.41) is 10.6. The fourth-order valence-corrected chi connectivity index (χ4v) is 3.12. The zero-order valence-electron chi connectivity index (χ0n) is 11.5. The van der Waals surface area contributed by atoms with Crippen LogP contribution < -0.4 is 4.90 Å². The molecule has 0 saturated carbocycles. The van der Waals surface area contributed by atoms with E-state index >= 15 is 0 Å². The molecule has 1 amide bonds. The van der Waals surface area contributed by atoms with Gasteiger partial charge in [0.05, 0.1) is 6.54 Å². The van der Waals surface area contributed by atoms with Gasteiger partial charge in [0, 0.05) is 14.8 Å². The van der Waals surface area contributed by atoms with Crippen LogP contribution in [0, 0.1) is 3.57 Å². The molecule has 0 spiro atoms. The Morgan fingerprint density at radius 2 is 1.77 bits per heavy atom. The molecule has 2 aromatic rings. The summed E-state index contributed by atoms with van der Waals surface area (Å²) in [4.78, 5) is 15.6. The lowest BCUT2D eigenvalue weighted by Crippen LogP contribution is -2.37. The number of hydrogen-bond donors (Lipinski definition) is 1. The van der Waals surface area contributed by atoms with E-state index in [-0.39, 0.29) is 12.5 Å². The van der Waals surface area contributed by atoms with Crippen LogP contribution in [0.1, 0.15) is 10.4 Å². The number of amides is 1. The van der Waals surface area contributed by atoms with Crippen molar-refractivity contribution in [3.8, 4) is 0 Å². The molecule has 1 heterocycles. The summed E-state index contributed by atoms with van der Waals surface area (Å²) in [5.74, 6) is -0.197. The van der Waals surface area contributed by atoms with Crippen molar-refractivity contribution in [1.29, 1.82) is 0 Å². The molecule has 3 rings (SSSR count). The maximum absolute atomic E-state index is 12.5. The van der Waals surface area contributed by atoms with Gasteiger partial charge in [0.2, 0.25) is 0 Å². The fraction of sp³-hybridized carbons (Fsp3) is 0.125. The zero-order chi connectivity index (χ0) is 15.7. The molecule has 112 valence electrons. The van der Waals surface area contributed by atoms with E-state index in [2.05, 4.69) is 22.6 Å². The normalized spacial score (nSPS) is 17.9. The molecule has 0 aliphatic carbocycles. The molecule has 1 N–H and O–H groups in total. The topological polar surface area (TPSA) is 43.8 Å². The van der Waals surface area contributed by atoms with Crippen LogP contribution in [0.25, 0.3) is 0 Å². The highest BCUT2D eigenvalue weighted by Gasteiger charge is 2.37. The number of β-amino-alcohol motifs (C(OH)–C–C–N with tert-alkyl or cyclic N) is 1. The van der Waals surface area contributed by atoms with Crippen molar-refractivity contribution in [3.63, 3.8) is 0 Å². The second kappa shape index (κ2) is 6.31. The highest BCUT2D eigenvalue weighted by Crippen LogP contribution is 2.26. The Labute approximate surface area is 147 Å². The first-order valence-corrected chi connectivity index (χ1v) is 8.20. The van der Waals surface area contributed by atoms with Crippen molar-refractivity contribution in [2.75, 3.05) is 11.4 Å². The number of hydrogen-bond acceptors (Lipinski definition) is 3. The van der Waals surface area contributed by atoms with Gasteiger partial charge in [-0.25, -0.2) is 0 Å². The van der Waals surface area contributed by atoms with Crippen LogP contribution in [-0.2, 0) is 0 Å². The van der Waals surface area contributed by atoms with Crippen molar-refractivity contribution >= 4 is 51.5 Å². The van der Waals surface area contributed by atoms with Gasteiger partial charge in [0.15, 0.2) is 11.3 Å². The molecule has 6 heteroatoms. The van der Waals surface area contributed by atoms with Gasteiger partial charge in [-0.2, -0.15) is 0 Å². The maximum Gasteiger partial charge on any atom is 0.260 e. The quantitative estimate of drug-likeness (QED) is 0.595. The molecular weight excluding hydrogens is 411 g/mol. The van der Waals surface area contributed by atoms with Crippen molar-refractivity contribution < 1.29 is 9.90 Å². The monoisotopic (exact) mass is 424 g/mol. The van der Waals surface area contributed by atoms with E-state index in [1.54, 1.807) is 29.2 Å². The van der Waals surface area contributed by atoms with Gasteiger partial charge in [-0.3, -0.25) is 14.6 Å².